The van der Waals surface area contributed by atoms with Crippen molar-refractivity contribution in [3.63, 3.8) is 0 Å². The lowest BCUT2D eigenvalue weighted by molar-refractivity contribution is 0.0526. The number of rotatable bonds is 9. The second-order valence-electron chi connectivity index (χ2n) is 6.25. The number of hydrogen-bond acceptors (Lipinski definition) is 4. The van der Waals surface area contributed by atoms with Gasteiger partial charge in [-0.25, -0.2) is 9.79 Å². The molecule has 0 bridgehead atoms. The number of hydrogen-bond donors (Lipinski definition) is 3. The highest BCUT2D eigenvalue weighted by atomic mass is 127. The van der Waals surface area contributed by atoms with E-state index in [-0.39, 0.29) is 29.9 Å². The summed E-state index contributed by atoms with van der Waals surface area (Å²) < 4.78 is 4.99. The van der Waals surface area contributed by atoms with Crippen LogP contribution in [-0.2, 0) is 11.3 Å². The molecule has 3 N–H and O–H groups in total. The Kier molecular flexibility index (Phi) is 12.0. The number of esters is 1. The van der Waals surface area contributed by atoms with E-state index >= 15 is 0 Å². The van der Waals surface area contributed by atoms with Gasteiger partial charge in [0, 0.05) is 13.1 Å². The average molecular weight is 511 g/mol. The molecule has 0 aliphatic heterocycles. The summed E-state index contributed by atoms with van der Waals surface area (Å²) in [7, 11) is 0. The highest BCUT2D eigenvalue weighted by Crippen LogP contribution is 2.14. The van der Waals surface area contributed by atoms with Crippen LogP contribution in [0.15, 0.2) is 59.6 Å². The monoisotopic (exact) mass is 511 g/mol. The average Bonchev–Trinajstić information content (AvgIpc) is 2.73. The molecule has 7 heteroatoms. The van der Waals surface area contributed by atoms with Crippen molar-refractivity contribution in [1.29, 1.82) is 0 Å². The molecule has 0 aliphatic rings. The molecule has 1 unspecified atom stereocenters. The Morgan fingerprint density at radius 3 is 2.38 bits per heavy atom. The van der Waals surface area contributed by atoms with Crippen LogP contribution >= 0.6 is 24.0 Å². The van der Waals surface area contributed by atoms with Crippen LogP contribution in [0.5, 0.6) is 0 Å². The van der Waals surface area contributed by atoms with Crippen molar-refractivity contribution in [2.75, 3.05) is 19.7 Å². The maximum Gasteiger partial charge on any atom is 0.338 e. The van der Waals surface area contributed by atoms with Crippen LogP contribution in [0.4, 0.5) is 0 Å². The van der Waals surface area contributed by atoms with Crippen molar-refractivity contribution in [1.82, 2.24) is 10.6 Å². The van der Waals surface area contributed by atoms with Gasteiger partial charge in [0.25, 0.3) is 0 Å². The van der Waals surface area contributed by atoms with Crippen LogP contribution < -0.4 is 10.6 Å². The number of aliphatic imine (C=N–C) groups is 1. The summed E-state index contributed by atoms with van der Waals surface area (Å²) in [6, 6.07) is 16.9. The number of nitrogens with one attached hydrogen (secondary N) is 2. The van der Waals surface area contributed by atoms with Crippen molar-refractivity contribution < 1.29 is 14.6 Å². The molecular weight excluding hydrogens is 481 g/mol. The lowest BCUT2D eigenvalue weighted by atomic mass is 10.1. The number of nitrogens with zero attached hydrogens (tertiary/aromatic N) is 1. The van der Waals surface area contributed by atoms with E-state index in [1.165, 1.54) is 0 Å². The molecule has 0 aromatic heterocycles. The first-order valence-electron chi connectivity index (χ1n) is 9.65. The van der Waals surface area contributed by atoms with E-state index < -0.39 is 6.10 Å². The zero-order valence-electron chi connectivity index (χ0n) is 16.9. The standard InChI is InChI=1S/C22H29N3O3.HI/c1-3-23-22(24-15-14-20(26)18-8-6-5-7-9-18)25-16-17-10-12-19(13-11-17)21(27)28-4-2;/h5-13,20,26H,3-4,14-16H2,1-2H3,(H2,23,24,25);1H. The molecule has 2 aromatic rings. The number of carbonyl (C=O) groups excluding carboxylic acids is 1. The molecule has 2 aromatic carbocycles. The molecule has 158 valence electrons. The second-order valence-corrected chi connectivity index (χ2v) is 6.25. The lowest BCUT2D eigenvalue weighted by Gasteiger charge is -2.14. The van der Waals surface area contributed by atoms with Crippen molar-refractivity contribution >= 4 is 35.9 Å². The van der Waals surface area contributed by atoms with Gasteiger partial charge in [0.1, 0.15) is 0 Å². The quantitative estimate of drug-likeness (QED) is 0.207. The van der Waals surface area contributed by atoms with Gasteiger partial charge in [0.2, 0.25) is 0 Å². The third-order valence-corrected chi connectivity index (χ3v) is 4.12. The van der Waals surface area contributed by atoms with E-state index in [1.54, 1.807) is 19.1 Å². The number of aliphatic hydroxyl groups is 1. The summed E-state index contributed by atoms with van der Waals surface area (Å²) >= 11 is 0. The first-order chi connectivity index (χ1) is 13.6. The van der Waals surface area contributed by atoms with Gasteiger partial charge in [-0.2, -0.15) is 0 Å². The first-order valence-corrected chi connectivity index (χ1v) is 9.65. The highest BCUT2D eigenvalue weighted by Gasteiger charge is 2.08. The maximum atomic E-state index is 11.7. The van der Waals surface area contributed by atoms with Gasteiger partial charge in [0.05, 0.1) is 24.8 Å². The normalized spacial score (nSPS) is 11.9. The zero-order chi connectivity index (χ0) is 20.2. The van der Waals surface area contributed by atoms with E-state index in [1.807, 2.05) is 49.4 Å². The van der Waals surface area contributed by atoms with E-state index in [4.69, 9.17) is 4.74 Å². The minimum atomic E-state index is -0.507. The van der Waals surface area contributed by atoms with E-state index in [2.05, 4.69) is 15.6 Å². The predicted molar refractivity (Wildman–Crippen MR) is 127 cm³/mol. The summed E-state index contributed by atoms with van der Waals surface area (Å²) in [5.41, 5.74) is 2.44. The smallest absolute Gasteiger partial charge is 0.338 e. The third-order valence-electron chi connectivity index (χ3n) is 4.12. The SMILES string of the molecule is CCNC(=NCc1ccc(C(=O)OCC)cc1)NCCC(O)c1ccccc1.I. The summed E-state index contributed by atoms with van der Waals surface area (Å²) in [6.07, 6.45) is 0.0786. The first kappa shape index (κ1) is 24.9. The Morgan fingerprint density at radius 1 is 1.07 bits per heavy atom. The van der Waals surface area contributed by atoms with Crippen LogP contribution in [0.2, 0.25) is 0 Å². The van der Waals surface area contributed by atoms with Crippen LogP contribution in [0, 0.1) is 0 Å². The summed E-state index contributed by atoms with van der Waals surface area (Å²) in [4.78, 5) is 16.3. The van der Waals surface area contributed by atoms with Crippen LogP contribution in [0.25, 0.3) is 0 Å². The fourth-order valence-electron chi connectivity index (χ4n) is 2.64. The fourth-order valence-corrected chi connectivity index (χ4v) is 2.64. The number of benzene rings is 2. The number of aliphatic hydroxyl groups excluding tert-OH is 1. The second kappa shape index (κ2) is 13.9. The molecule has 0 saturated heterocycles. The van der Waals surface area contributed by atoms with Crippen molar-refractivity contribution in [3.05, 3.63) is 71.3 Å². The topological polar surface area (TPSA) is 83.0 Å². The van der Waals surface area contributed by atoms with E-state index in [0.29, 0.717) is 37.6 Å². The molecule has 0 radical (unpaired) electrons. The minimum absolute atomic E-state index is 0. The van der Waals surface area contributed by atoms with Gasteiger partial charge < -0.3 is 20.5 Å². The molecule has 0 spiro atoms. The Bertz CT molecular complexity index is 752. The molecule has 2 rings (SSSR count). The van der Waals surface area contributed by atoms with Crippen molar-refractivity contribution in [2.24, 2.45) is 4.99 Å². The Morgan fingerprint density at radius 2 is 1.76 bits per heavy atom. The minimum Gasteiger partial charge on any atom is -0.462 e. The van der Waals surface area contributed by atoms with Gasteiger partial charge in [-0.1, -0.05) is 42.5 Å². The zero-order valence-corrected chi connectivity index (χ0v) is 19.3. The predicted octanol–water partition coefficient (Wildman–Crippen LogP) is 3.66. The molecule has 29 heavy (non-hydrogen) atoms. The molecule has 1 atom stereocenters. The molecule has 0 fully saturated rings. The van der Waals surface area contributed by atoms with Crippen molar-refractivity contribution in [2.45, 2.75) is 32.9 Å². The third kappa shape index (κ3) is 8.82. The molecule has 0 saturated carbocycles. The Hall–Kier alpha value is -2.13. The summed E-state index contributed by atoms with van der Waals surface area (Å²) in [5.74, 6) is 0.377. The van der Waals surface area contributed by atoms with E-state index in [9.17, 15) is 9.90 Å². The molecular formula is C22H30IN3O3. The Balaban J connectivity index is 0.00000420. The number of ether oxygens (including phenoxy) is 1. The maximum absolute atomic E-state index is 11.7. The number of guanidine groups is 1. The fraction of sp³-hybridized carbons (Fsp3) is 0.364. The van der Waals surface area contributed by atoms with Gasteiger partial charge in [-0.3, -0.25) is 0 Å². The highest BCUT2D eigenvalue weighted by molar-refractivity contribution is 14.0. The molecule has 6 nitrogen and oxygen atoms in total. The lowest BCUT2D eigenvalue weighted by Crippen LogP contribution is -2.38. The van der Waals surface area contributed by atoms with Gasteiger partial charge in [-0.15, -0.1) is 24.0 Å². The molecule has 0 amide bonds. The van der Waals surface area contributed by atoms with Crippen LogP contribution in [-0.4, -0.2) is 36.7 Å². The van der Waals surface area contributed by atoms with Gasteiger partial charge in [-0.05, 0) is 43.5 Å². The van der Waals surface area contributed by atoms with E-state index in [0.717, 1.165) is 17.7 Å². The van der Waals surface area contributed by atoms with Crippen LogP contribution in [0.3, 0.4) is 0 Å². The summed E-state index contributed by atoms with van der Waals surface area (Å²) in [6.45, 7) is 5.99. The van der Waals surface area contributed by atoms with Crippen LogP contribution in [0.1, 0.15) is 47.9 Å². The number of halogens is 1. The van der Waals surface area contributed by atoms with Gasteiger partial charge >= 0.3 is 5.97 Å². The molecule has 0 heterocycles. The molecule has 0 aliphatic carbocycles. The van der Waals surface area contributed by atoms with Gasteiger partial charge in [0.15, 0.2) is 5.96 Å². The number of carbonyl (C=O) groups is 1. The largest absolute Gasteiger partial charge is 0.462 e. The van der Waals surface area contributed by atoms with Crippen molar-refractivity contribution in [3.8, 4) is 0 Å². The summed E-state index contributed by atoms with van der Waals surface area (Å²) in [5, 5.41) is 16.7. The Labute approximate surface area is 189 Å².